The molecule has 4 aromatic rings. The summed E-state index contributed by atoms with van der Waals surface area (Å²) >= 11 is 6.44. The molecule has 0 spiro atoms. The van der Waals surface area contributed by atoms with Crippen molar-refractivity contribution < 1.29 is 22.4 Å². The van der Waals surface area contributed by atoms with Gasteiger partial charge in [-0.25, -0.2) is 12.8 Å². The number of carbonyl (C=O) groups is 2. The van der Waals surface area contributed by atoms with Gasteiger partial charge in [-0.15, -0.1) is 0 Å². The van der Waals surface area contributed by atoms with Crippen LogP contribution >= 0.6 is 11.6 Å². The van der Waals surface area contributed by atoms with Gasteiger partial charge in [-0.05, 0) is 42.8 Å². The summed E-state index contributed by atoms with van der Waals surface area (Å²) in [7, 11) is -4.27. The summed E-state index contributed by atoms with van der Waals surface area (Å²) in [6.45, 7) is 1.12. The van der Waals surface area contributed by atoms with Crippen molar-refractivity contribution in [2.75, 3.05) is 17.4 Å². The van der Waals surface area contributed by atoms with Crippen molar-refractivity contribution in [3.63, 3.8) is 0 Å². The van der Waals surface area contributed by atoms with Crippen molar-refractivity contribution in [2.24, 2.45) is 0 Å². The van der Waals surface area contributed by atoms with Crippen molar-refractivity contribution in [1.82, 2.24) is 10.2 Å². The van der Waals surface area contributed by atoms with E-state index in [1.165, 1.54) is 47.4 Å². The Morgan fingerprint density at radius 1 is 0.857 bits per heavy atom. The van der Waals surface area contributed by atoms with Crippen molar-refractivity contribution >= 4 is 39.1 Å². The van der Waals surface area contributed by atoms with Crippen LogP contribution in [0.2, 0.25) is 5.02 Å². The number of para-hydroxylation sites is 1. The number of amides is 2. The zero-order chi connectivity index (χ0) is 30.1. The Bertz CT molecular complexity index is 1620. The fourth-order valence-corrected chi connectivity index (χ4v) is 6.29. The Morgan fingerprint density at radius 2 is 1.45 bits per heavy atom. The zero-order valence-electron chi connectivity index (χ0n) is 23.0. The highest BCUT2D eigenvalue weighted by molar-refractivity contribution is 7.92. The van der Waals surface area contributed by atoms with Gasteiger partial charge in [0.05, 0.1) is 15.6 Å². The van der Waals surface area contributed by atoms with Gasteiger partial charge in [0, 0.05) is 25.1 Å². The van der Waals surface area contributed by atoms with Crippen LogP contribution in [-0.4, -0.2) is 44.3 Å². The summed E-state index contributed by atoms with van der Waals surface area (Å²) < 4.78 is 43.6. The lowest BCUT2D eigenvalue weighted by molar-refractivity contribution is -0.140. The molecule has 4 aromatic carbocycles. The van der Waals surface area contributed by atoms with Crippen LogP contribution < -0.4 is 9.62 Å². The molecule has 42 heavy (non-hydrogen) atoms. The first-order valence-electron chi connectivity index (χ1n) is 13.4. The molecule has 0 saturated carbocycles. The van der Waals surface area contributed by atoms with Crippen LogP contribution in [0.5, 0.6) is 0 Å². The number of benzene rings is 4. The second-order valence-electron chi connectivity index (χ2n) is 9.49. The van der Waals surface area contributed by atoms with Crippen LogP contribution in [0.15, 0.2) is 114 Å². The summed E-state index contributed by atoms with van der Waals surface area (Å²) in [6, 6.07) is 28.0. The molecule has 0 fully saturated rings. The number of carbonyl (C=O) groups excluding carboxylic acids is 2. The monoisotopic (exact) mass is 607 g/mol. The van der Waals surface area contributed by atoms with Gasteiger partial charge in [-0.2, -0.15) is 0 Å². The first-order valence-corrected chi connectivity index (χ1v) is 15.2. The van der Waals surface area contributed by atoms with Gasteiger partial charge in [-0.3, -0.25) is 13.9 Å². The lowest BCUT2D eigenvalue weighted by Gasteiger charge is -2.34. The fourth-order valence-electron chi connectivity index (χ4n) is 4.54. The molecule has 4 rings (SSSR count). The number of nitrogens with zero attached hydrogens (tertiary/aromatic N) is 2. The number of sulfonamides is 1. The molecule has 0 aromatic heterocycles. The van der Waals surface area contributed by atoms with Gasteiger partial charge in [0.25, 0.3) is 10.0 Å². The molecule has 1 atom stereocenters. The Labute approximate surface area is 250 Å². The maximum atomic E-state index is 14.9. The van der Waals surface area contributed by atoms with Gasteiger partial charge in [-0.1, -0.05) is 90.5 Å². The van der Waals surface area contributed by atoms with E-state index in [2.05, 4.69) is 5.32 Å². The highest BCUT2D eigenvalue weighted by Crippen LogP contribution is 2.31. The average Bonchev–Trinajstić information content (AvgIpc) is 3.00. The minimum Gasteiger partial charge on any atom is -0.355 e. The standard InChI is InChI=1S/C32H31ClFN3O4S/c1-2-35-32(39)30(21-24-13-5-3-6-14-24)36(22-25-15-9-11-19-28(25)34)31(38)23-37(29-20-12-10-18-27(29)33)42(40,41)26-16-7-4-8-17-26/h3-20,30H,2,21-23H2,1H3,(H,35,39)/t30-/m0/s1. The fraction of sp³-hybridized carbons (Fsp3) is 0.188. The van der Waals surface area contributed by atoms with Gasteiger partial charge in [0.1, 0.15) is 18.4 Å². The molecule has 0 unspecified atom stereocenters. The quantitative estimate of drug-likeness (QED) is 0.232. The maximum absolute atomic E-state index is 14.9. The molecule has 10 heteroatoms. The minimum atomic E-state index is -4.27. The third-order valence-electron chi connectivity index (χ3n) is 6.65. The lowest BCUT2D eigenvalue weighted by atomic mass is 10.0. The Kier molecular flexibility index (Phi) is 10.3. The highest BCUT2D eigenvalue weighted by atomic mass is 35.5. The van der Waals surface area contributed by atoms with E-state index in [0.717, 1.165) is 9.87 Å². The number of hydrogen-bond donors (Lipinski definition) is 1. The van der Waals surface area contributed by atoms with Crippen LogP contribution in [0.4, 0.5) is 10.1 Å². The zero-order valence-corrected chi connectivity index (χ0v) is 24.6. The molecule has 0 bridgehead atoms. The summed E-state index contributed by atoms with van der Waals surface area (Å²) in [5.74, 6) is -1.70. The first kappa shape index (κ1) is 30.7. The third kappa shape index (κ3) is 7.35. The topological polar surface area (TPSA) is 86.8 Å². The number of anilines is 1. The van der Waals surface area contributed by atoms with E-state index in [9.17, 15) is 22.4 Å². The molecule has 7 nitrogen and oxygen atoms in total. The average molecular weight is 608 g/mol. The molecule has 2 amide bonds. The second kappa shape index (κ2) is 14.1. The molecule has 218 valence electrons. The van der Waals surface area contributed by atoms with E-state index in [-0.39, 0.29) is 34.1 Å². The predicted octanol–water partition coefficient (Wildman–Crippen LogP) is 5.45. The van der Waals surface area contributed by atoms with Crippen LogP contribution in [0.1, 0.15) is 18.1 Å². The normalized spacial score (nSPS) is 11.9. The molecular formula is C32H31ClFN3O4S. The molecule has 1 N–H and O–H groups in total. The largest absolute Gasteiger partial charge is 0.355 e. The van der Waals surface area contributed by atoms with Crippen LogP contribution in [-0.2, 0) is 32.6 Å². The van der Waals surface area contributed by atoms with Gasteiger partial charge in [0.15, 0.2) is 0 Å². The summed E-state index contributed by atoms with van der Waals surface area (Å²) in [6.07, 6.45) is 0.129. The number of likely N-dealkylation sites (N-methyl/N-ethyl adjacent to an activating group) is 1. The van der Waals surface area contributed by atoms with E-state index in [1.54, 1.807) is 43.3 Å². The first-order chi connectivity index (χ1) is 20.2. The van der Waals surface area contributed by atoms with Crippen molar-refractivity contribution in [3.05, 3.63) is 131 Å². The van der Waals surface area contributed by atoms with Gasteiger partial charge in [0.2, 0.25) is 11.8 Å². The van der Waals surface area contributed by atoms with Crippen LogP contribution in [0.3, 0.4) is 0 Å². The Hall–Kier alpha value is -4.21. The molecule has 0 radical (unpaired) electrons. The number of hydrogen-bond acceptors (Lipinski definition) is 4. The summed E-state index contributed by atoms with van der Waals surface area (Å²) in [5.41, 5.74) is 1.06. The van der Waals surface area contributed by atoms with E-state index in [1.807, 2.05) is 30.3 Å². The minimum absolute atomic E-state index is 0.0389. The lowest BCUT2D eigenvalue weighted by Crippen LogP contribution is -2.53. The molecule has 0 saturated heterocycles. The number of halogens is 2. The Morgan fingerprint density at radius 3 is 2.10 bits per heavy atom. The maximum Gasteiger partial charge on any atom is 0.264 e. The van der Waals surface area contributed by atoms with E-state index in [0.29, 0.717) is 6.54 Å². The van der Waals surface area contributed by atoms with Gasteiger partial charge >= 0.3 is 0 Å². The molecular weight excluding hydrogens is 577 g/mol. The SMILES string of the molecule is CCNC(=O)[C@H](Cc1ccccc1)N(Cc1ccccc1F)C(=O)CN(c1ccccc1Cl)S(=O)(=O)c1ccccc1. The smallest absolute Gasteiger partial charge is 0.264 e. The summed E-state index contributed by atoms with van der Waals surface area (Å²) in [4.78, 5) is 28.9. The van der Waals surface area contributed by atoms with Crippen molar-refractivity contribution in [3.8, 4) is 0 Å². The number of rotatable bonds is 12. The molecule has 0 aliphatic heterocycles. The molecule has 0 aliphatic rings. The van der Waals surface area contributed by atoms with Crippen LogP contribution in [0, 0.1) is 5.82 Å². The molecule has 0 heterocycles. The van der Waals surface area contributed by atoms with Crippen molar-refractivity contribution in [1.29, 1.82) is 0 Å². The third-order valence-corrected chi connectivity index (χ3v) is 8.75. The second-order valence-corrected chi connectivity index (χ2v) is 11.8. The Balaban J connectivity index is 1.81. The summed E-state index contributed by atoms with van der Waals surface area (Å²) in [5, 5.41) is 2.89. The highest BCUT2D eigenvalue weighted by Gasteiger charge is 2.35. The van der Waals surface area contributed by atoms with E-state index in [4.69, 9.17) is 11.6 Å². The van der Waals surface area contributed by atoms with E-state index >= 15 is 0 Å². The molecule has 0 aliphatic carbocycles. The van der Waals surface area contributed by atoms with Gasteiger partial charge < -0.3 is 10.2 Å². The predicted molar refractivity (Wildman–Crippen MR) is 162 cm³/mol. The van der Waals surface area contributed by atoms with E-state index < -0.39 is 40.2 Å². The van der Waals surface area contributed by atoms with Crippen LogP contribution in [0.25, 0.3) is 0 Å². The van der Waals surface area contributed by atoms with Crippen molar-refractivity contribution in [2.45, 2.75) is 30.8 Å². The number of nitrogens with one attached hydrogen (secondary N) is 1.